The molecule has 1 aliphatic carbocycles. The van der Waals surface area contributed by atoms with Crippen molar-refractivity contribution in [3.63, 3.8) is 0 Å². The minimum atomic E-state index is 0.0611. The molecule has 0 unspecified atom stereocenters. The van der Waals surface area contributed by atoms with E-state index in [-0.39, 0.29) is 12.0 Å². The summed E-state index contributed by atoms with van der Waals surface area (Å²) in [5.41, 5.74) is 2.52. The average molecular weight is 206 g/mol. The van der Waals surface area contributed by atoms with Crippen LogP contribution in [-0.4, -0.2) is 18.8 Å². The molecule has 15 heavy (non-hydrogen) atoms. The number of benzene rings is 1. The van der Waals surface area contributed by atoms with E-state index in [0.29, 0.717) is 6.61 Å². The summed E-state index contributed by atoms with van der Waals surface area (Å²) in [6.07, 6.45) is 3.47. The maximum Gasteiger partial charge on any atom is 0.0713 e. The first-order valence-corrected chi connectivity index (χ1v) is 5.50. The molecule has 0 amide bonds. The van der Waals surface area contributed by atoms with Gasteiger partial charge in [0.25, 0.3) is 0 Å². The second-order valence-corrected chi connectivity index (χ2v) is 4.42. The van der Waals surface area contributed by atoms with E-state index in [1.54, 1.807) is 7.11 Å². The molecule has 2 heteroatoms. The van der Waals surface area contributed by atoms with Crippen molar-refractivity contribution in [1.29, 1.82) is 0 Å². The van der Waals surface area contributed by atoms with Crippen molar-refractivity contribution in [1.82, 2.24) is 0 Å². The minimum Gasteiger partial charge on any atom is -0.395 e. The smallest absolute Gasteiger partial charge is 0.0713 e. The SMILES string of the molecule is COCc1ccc(C2(CO)CCC2)cc1. The summed E-state index contributed by atoms with van der Waals surface area (Å²) < 4.78 is 5.07. The molecular weight excluding hydrogens is 188 g/mol. The predicted molar refractivity (Wildman–Crippen MR) is 59.8 cm³/mol. The number of rotatable bonds is 4. The van der Waals surface area contributed by atoms with E-state index in [9.17, 15) is 5.11 Å². The quantitative estimate of drug-likeness (QED) is 0.818. The maximum atomic E-state index is 9.44. The van der Waals surface area contributed by atoms with Gasteiger partial charge in [-0.15, -0.1) is 0 Å². The summed E-state index contributed by atoms with van der Waals surface area (Å²) >= 11 is 0. The van der Waals surface area contributed by atoms with Crippen LogP contribution in [-0.2, 0) is 16.8 Å². The lowest BCUT2D eigenvalue weighted by molar-refractivity contribution is 0.120. The van der Waals surface area contributed by atoms with Crippen molar-refractivity contribution in [2.75, 3.05) is 13.7 Å². The molecule has 0 atom stereocenters. The van der Waals surface area contributed by atoms with Gasteiger partial charge in [-0.25, -0.2) is 0 Å². The van der Waals surface area contributed by atoms with Gasteiger partial charge in [0.15, 0.2) is 0 Å². The van der Waals surface area contributed by atoms with Gasteiger partial charge in [-0.1, -0.05) is 30.7 Å². The highest BCUT2D eigenvalue weighted by Crippen LogP contribution is 2.43. The standard InChI is InChI=1S/C13H18O2/c1-15-9-11-3-5-12(6-4-11)13(10-14)7-2-8-13/h3-6,14H,2,7-10H2,1H3. The molecule has 0 spiro atoms. The zero-order valence-corrected chi connectivity index (χ0v) is 9.20. The molecule has 1 N–H and O–H groups in total. The van der Waals surface area contributed by atoms with Crippen molar-refractivity contribution in [2.45, 2.75) is 31.3 Å². The van der Waals surface area contributed by atoms with Crippen LogP contribution < -0.4 is 0 Å². The van der Waals surface area contributed by atoms with Gasteiger partial charge < -0.3 is 9.84 Å². The second kappa shape index (κ2) is 4.33. The Hall–Kier alpha value is -0.860. The van der Waals surface area contributed by atoms with Crippen LogP contribution >= 0.6 is 0 Å². The molecule has 0 saturated heterocycles. The summed E-state index contributed by atoms with van der Waals surface area (Å²) in [6.45, 7) is 0.934. The Kier molecular flexibility index (Phi) is 3.08. The zero-order chi connectivity index (χ0) is 10.7. The molecule has 0 heterocycles. The highest BCUT2D eigenvalue weighted by molar-refractivity contribution is 5.31. The molecule has 1 fully saturated rings. The lowest BCUT2D eigenvalue weighted by atomic mass is 9.65. The van der Waals surface area contributed by atoms with Gasteiger partial charge in [-0.2, -0.15) is 0 Å². The van der Waals surface area contributed by atoms with E-state index in [2.05, 4.69) is 24.3 Å². The normalized spacial score (nSPS) is 18.5. The van der Waals surface area contributed by atoms with Crippen LogP contribution in [0.2, 0.25) is 0 Å². The summed E-state index contributed by atoms with van der Waals surface area (Å²) in [5.74, 6) is 0. The molecule has 0 radical (unpaired) electrons. The van der Waals surface area contributed by atoms with Gasteiger partial charge in [0.2, 0.25) is 0 Å². The highest BCUT2D eigenvalue weighted by atomic mass is 16.5. The van der Waals surface area contributed by atoms with Crippen molar-refractivity contribution in [2.24, 2.45) is 0 Å². The summed E-state index contributed by atoms with van der Waals surface area (Å²) in [6, 6.07) is 8.44. The van der Waals surface area contributed by atoms with Crippen LogP contribution in [0.25, 0.3) is 0 Å². The third-order valence-electron chi connectivity index (χ3n) is 3.49. The van der Waals surface area contributed by atoms with E-state index < -0.39 is 0 Å². The largest absolute Gasteiger partial charge is 0.395 e. The highest BCUT2D eigenvalue weighted by Gasteiger charge is 2.37. The van der Waals surface area contributed by atoms with Crippen LogP contribution in [0.5, 0.6) is 0 Å². The molecular formula is C13H18O2. The predicted octanol–water partition coefficient (Wildman–Crippen LogP) is 2.25. The summed E-state index contributed by atoms with van der Waals surface area (Å²) in [4.78, 5) is 0. The van der Waals surface area contributed by atoms with E-state index in [0.717, 1.165) is 12.8 Å². The molecule has 1 aromatic carbocycles. The van der Waals surface area contributed by atoms with Crippen molar-refractivity contribution in [3.05, 3.63) is 35.4 Å². The third-order valence-corrected chi connectivity index (χ3v) is 3.49. The van der Waals surface area contributed by atoms with Crippen molar-refractivity contribution >= 4 is 0 Å². The van der Waals surface area contributed by atoms with E-state index in [1.807, 2.05) is 0 Å². The lowest BCUT2D eigenvalue weighted by Gasteiger charge is -2.40. The Morgan fingerprint density at radius 2 is 1.93 bits per heavy atom. The average Bonchev–Trinajstić information content (AvgIpc) is 2.20. The Bertz CT molecular complexity index is 306. The molecule has 1 saturated carbocycles. The van der Waals surface area contributed by atoms with Crippen LogP contribution in [0.15, 0.2) is 24.3 Å². The van der Waals surface area contributed by atoms with Gasteiger partial charge >= 0.3 is 0 Å². The number of hydrogen-bond acceptors (Lipinski definition) is 2. The van der Waals surface area contributed by atoms with Crippen molar-refractivity contribution < 1.29 is 9.84 Å². The molecule has 1 aromatic rings. The van der Waals surface area contributed by atoms with Crippen molar-refractivity contribution in [3.8, 4) is 0 Å². The summed E-state index contributed by atoms with van der Waals surface area (Å²) in [5, 5.41) is 9.44. The monoisotopic (exact) mass is 206 g/mol. The van der Waals surface area contributed by atoms with Gasteiger partial charge in [0.1, 0.15) is 0 Å². The fourth-order valence-corrected chi connectivity index (χ4v) is 2.26. The van der Waals surface area contributed by atoms with E-state index in [4.69, 9.17) is 4.74 Å². The topological polar surface area (TPSA) is 29.5 Å². The van der Waals surface area contributed by atoms with Gasteiger partial charge in [0, 0.05) is 12.5 Å². The molecule has 2 nitrogen and oxygen atoms in total. The van der Waals surface area contributed by atoms with Crippen LogP contribution in [0.3, 0.4) is 0 Å². The Morgan fingerprint density at radius 1 is 1.27 bits per heavy atom. The molecule has 82 valence electrons. The Balaban J connectivity index is 2.15. The Labute approximate surface area is 90.9 Å². The fraction of sp³-hybridized carbons (Fsp3) is 0.538. The zero-order valence-electron chi connectivity index (χ0n) is 9.20. The van der Waals surface area contributed by atoms with Gasteiger partial charge in [-0.05, 0) is 24.0 Å². The number of methoxy groups -OCH3 is 1. The van der Waals surface area contributed by atoms with Gasteiger partial charge in [-0.3, -0.25) is 0 Å². The number of aliphatic hydroxyl groups excluding tert-OH is 1. The van der Waals surface area contributed by atoms with Crippen LogP contribution in [0, 0.1) is 0 Å². The molecule has 0 aromatic heterocycles. The van der Waals surface area contributed by atoms with Crippen LogP contribution in [0.4, 0.5) is 0 Å². The first-order valence-electron chi connectivity index (χ1n) is 5.50. The molecule has 0 aliphatic heterocycles. The molecule has 0 bridgehead atoms. The molecule has 2 rings (SSSR count). The van der Waals surface area contributed by atoms with E-state index in [1.165, 1.54) is 17.5 Å². The van der Waals surface area contributed by atoms with Gasteiger partial charge in [0.05, 0.1) is 13.2 Å². The fourth-order valence-electron chi connectivity index (χ4n) is 2.26. The maximum absolute atomic E-state index is 9.44. The number of ether oxygens (including phenoxy) is 1. The Morgan fingerprint density at radius 3 is 2.33 bits per heavy atom. The first-order chi connectivity index (χ1) is 7.30. The minimum absolute atomic E-state index is 0.0611. The van der Waals surface area contributed by atoms with E-state index >= 15 is 0 Å². The number of hydrogen-bond donors (Lipinski definition) is 1. The summed E-state index contributed by atoms with van der Waals surface area (Å²) in [7, 11) is 1.70. The molecule has 1 aliphatic rings. The van der Waals surface area contributed by atoms with Crippen LogP contribution in [0.1, 0.15) is 30.4 Å². The second-order valence-electron chi connectivity index (χ2n) is 4.42. The first kappa shape index (κ1) is 10.7. The third kappa shape index (κ3) is 1.92. The number of aliphatic hydroxyl groups is 1. The lowest BCUT2D eigenvalue weighted by Crippen LogP contribution is -2.37.